The van der Waals surface area contributed by atoms with E-state index in [9.17, 15) is 13.6 Å². The van der Waals surface area contributed by atoms with Gasteiger partial charge in [-0.2, -0.15) is 8.78 Å². The summed E-state index contributed by atoms with van der Waals surface area (Å²) in [7, 11) is 0. The van der Waals surface area contributed by atoms with Crippen molar-refractivity contribution in [1.29, 1.82) is 0 Å². The summed E-state index contributed by atoms with van der Waals surface area (Å²) >= 11 is 11.3. The minimum atomic E-state index is -2.87. The van der Waals surface area contributed by atoms with E-state index in [0.717, 1.165) is 0 Å². The van der Waals surface area contributed by atoms with Crippen LogP contribution in [0.1, 0.15) is 0 Å². The Morgan fingerprint density at radius 3 is 2.57 bits per heavy atom. The van der Waals surface area contributed by atoms with Crippen molar-refractivity contribution < 1.29 is 18.3 Å². The van der Waals surface area contributed by atoms with Gasteiger partial charge in [0.25, 0.3) is 5.91 Å². The molecule has 0 atom stereocenters. The van der Waals surface area contributed by atoms with E-state index in [1.54, 1.807) is 0 Å². The number of anilines is 1. The number of hydrogen-bond acceptors (Lipinski definition) is 5. The molecule has 1 aliphatic heterocycles. The molecule has 112 valence electrons. The molecule has 10 heteroatoms. The first-order chi connectivity index (χ1) is 9.95. The molecule has 0 radical (unpaired) electrons. The van der Waals surface area contributed by atoms with Gasteiger partial charge in [-0.25, -0.2) is 5.01 Å². The molecule has 1 fully saturated rings. The van der Waals surface area contributed by atoms with Gasteiger partial charge in [-0.05, 0) is 36.5 Å². The lowest BCUT2D eigenvalue weighted by atomic mass is 10.3. The van der Waals surface area contributed by atoms with E-state index in [1.165, 1.54) is 41.0 Å². The fraction of sp³-hybridized carbons (Fsp3) is 0.182. The molecule has 0 bridgehead atoms. The maximum atomic E-state index is 12.0. The highest BCUT2D eigenvalue weighted by Crippen LogP contribution is 2.19. The second kappa shape index (κ2) is 6.96. The number of thiocarbonyl (C=S) groups is 2. The topological polar surface area (TPSA) is 53.6 Å². The highest BCUT2D eigenvalue weighted by molar-refractivity contribution is 8.23. The molecule has 2 rings (SSSR count). The predicted molar refractivity (Wildman–Crippen MR) is 84.3 cm³/mol. The Kier molecular flexibility index (Phi) is 5.26. The predicted octanol–water partition coefficient (Wildman–Crippen LogP) is 2.35. The Bertz CT molecular complexity index is 552. The van der Waals surface area contributed by atoms with Crippen molar-refractivity contribution in [2.24, 2.45) is 0 Å². The van der Waals surface area contributed by atoms with Crippen LogP contribution < -0.4 is 15.5 Å². The smallest absolute Gasteiger partial charge is 0.387 e. The number of nitrogens with one attached hydrogen (secondary N) is 2. The maximum absolute atomic E-state index is 12.0. The van der Waals surface area contributed by atoms with Gasteiger partial charge in [-0.15, -0.1) is 0 Å². The third kappa shape index (κ3) is 4.48. The Morgan fingerprint density at radius 1 is 1.38 bits per heavy atom. The van der Waals surface area contributed by atoms with Gasteiger partial charge in [0.05, 0.1) is 5.75 Å². The SMILES string of the molecule is O=C1CSC(=S)N1NC(=S)Nc1ccc(OC(F)F)cc1. The molecule has 1 aliphatic rings. The lowest BCUT2D eigenvalue weighted by molar-refractivity contribution is -0.125. The highest BCUT2D eigenvalue weighted by atomic mass is 32.2. The minimum absolute atomic E-state index is 0.0433. The van der Waals surface area contributed by atoms with Crippen LogP contribution in [-0.2, 0) is 4.79 Å². The van der Waals surface area contributed by atoms with Crippen LogP contribution in [0.2, 0.25) is 0 Å². The molecule has 1 aromatic carbocycles. The quantitative estimate of drug-likeness (QED) is 0.809. The second-order valence-electron chi connectivity index (χ2n) is 3.75. The van der Waals surface area contributed by atoms with Gasteiger partial charge in [0, 0.05) is 5.69 Å². The van der Waals surface area contributed by atoms with E-state index < -0.39 is 6.61 Å². The van der Waals surface area contributed by atoms with Crippen molar-refractivity contribution in [3.63, 3.8) is 0 Å². The lowest BCUT2D eigenvalue weighted by Gasteiger charge is -2.18. The van der Waals surface area contributed by atoms with Gasteiger partial charge in [-0.3, -0.25) is 10.2 Å². The van der Waals surface area contributed by atoms with Crippen molar-refractivity contribution in [2.75, 3.05) is 11.1 Å². The van der Waals surface area contributed by atoms with E-state index >= 15 is 0 Å². The summed E-state index contributed by atoms with van der Waals surface area (Å²) in [5.74, 6) is 0.130. The first-order valence-electron chi connectivity index (χ1n) is 5.58. The van der Waals surface area contributed by atoms with Crippen molar-refractivity contribution in [2.45, 2.75) is 6.61 Å². The van der Waals surface area contributed by atoms with Crippen LogP contribution in [0.4, 0.5) is 14.5 Å². The number of ether oxygens (including phenoxy) is 1. The van der Waals surface area contributed by atoms with Gasteiger partial charge < -0.3 is 10.1 Å². The number of rotatable bonds is 4. The van der Waals surface area contributed by atoms with Crippen molar-refractivity contribution in [3.8, 4) is 5.75 Å². The van der Waals surface area contributed by atoms with Crippen LogP contribution >= 0.6 is 36.2 Å². The zero-order valence-electron chi connectivity index (χ0n) is 10.3. The maximum Gasteiger partial charge on any atom is 0.387 e. The monoisotopic (exact) mass is 349 g/mol. The number of hydrogen-bond donors (Lipinski definition) is 2. The van der Waals surface area contributed by atoms with Gasteiger partial charge in [0.2, 0.25) is 0 Å². The third-order valence-corrected chi connectivity index (χ3v) is 3.85. The van der Waals surface area contributed by atoms with Crippen LogP contribution in [0.15, 0.2) is 24.3 Å². The summed E-state index contributed by atoms with van der Waals surface area (Å²) in [6.07, 6.45) is 0. The van der Waals surface area contributed by atoms with Gasteiger partial charge >= 0.3 is 6.61 Å². The zero-order chi connectivity index (χ0) is 15.4. The van der Waals surface area contributed by atoms with E-state index in [0.29, 0.717) is 10.0 Å². The number of carbonyl (C=O) groups is 1. The summed E-state index contributed by atoms with van der Waals surface area (Å²) in [4.78, 5) is 11.5. The standard InChI is InChI=1S/C11H9F2N3O2S3/c12-9(13)18-7-3-1-6(2-4-7)14-10(19)15-16-8(17)5-21-11(16)20/h1-4,9H,5H2,(H2,14,15,19). The first-order valence-corrected chi connectivity index (χ1v) is 7.38. The number of carbonyl (C=O) groups excluding carboxylic acids is 1. The Labute approximate surface area is 134 Å². The largest absolute Gasteiger partial charge is 0.435 e. The Morgan fingerprint density at radius 2 is 2.05 bits per heavy atom. The molecule has 5 nitrogen and oxygen atoms in total. The second-order valence-corrected chi connectivity index (χ2v) is 5.77. The summed E-state index contributed by atoms with van der Waals surface area (Å²) in [6, 6.07) is 5.78. The van der Waals surface area contributed by atoms with Gasteiger partial charge in [0.1, 0.15) is 5.75 Å². The average Bonchev–Trinajstić information content (AvgIpc) is 2.72. The lowest BCUT2D eigenvalue weighted by Crippen LogP contribution is -2.46. The molecule has 1 heterocycles. The van der Waals surface area contributed by atoms with E-state index in [1.807, 2.05) is 0 Å². The molecule has 1 saturated heterocycles. The van der Waals surface area contributed by atoms with Crippen LogP contribution in [0.5, 0.6) is 5.75 Å². The van der Waals surface area contributed by atoms with Crippen molar-refractivity contribution in [3.05, 3.63) is 24.3 Å². The molecule has 1 amide bonds. The van der Waals surface area contributed by atoms with Gasteiger partial charge in [-0.1, -0.05) is 24.0 Å². The number of amides is 1. The number of thioether (sulfide) groups is 1. The average molecular weight is 349 g/mol. The summed E-state index contributed by atoms with van der Waals surface area (Å²) in [5, 5.41) is 4.15. The normalized spacial score (nSPS) is 14.5. The van der Waals surface area contributed by atoms with E-state index in [2.05, 4.69) is 15.5 Å². The molecule has 0 unspecified atom stereocenters. The number of alkyl halides is 2. The Hall–Kier alpha value is -1.52. The van der Waals surface area contributed by atoms with Crippen molar-refractivity contribution >= 4 is 57.2 Å². The van der Waals surface area contributed by atoms with Crippen LogP contribution in [0.3, 0.4) is 0 Å². The molecule has 0 saturated carbocycles. The minimum Gasteiger partial charge on any atom is -0.435 e. The van der Waals surface area contributed by atoms with Crippen molar-refractivity contribution in [1.82, 2.24) is 10.4 Å². The molecule has 0 spiro atoms. The number of halogens is 2. The van der Waals surface area contributed by atoms with Crippen LogP contribution in [0.25, 0.3) is 0 Å². The molecule has 0 aromatic heterocycles. The molecule has 21 heavy (non-hydrogen) atoms. The van der Waals surface area contributed by atoms with Crippen LogP contribution in [-0.4, -0.2) is 32.7 Å². The molecule has 1 aromatic rings. The van der Waals surface area contributed by atoms with E-state index in [4.69, 9.17) is 24.4 Å². The summed E-state index contributed by atoms with van der Waals surface area (Å²) in [5.41, 5.74) is 3.22. The zero-order valence-corrected chi connectivity index (χ0v) is 12.8. The highest BCUT2D eigenvalue weighted by Gasteiger charge is 2.27. The Balaban J connectivity index is 1.90. The molecular formula is C11H9F2N3O2S3. The van der Waals surface area contributed by atoms with E-state index in [-0.39, 0.29) is 22.5 Å². The fourth-order valence-electron chi connectivity index (χ4n) is 1.44. The molecule has 2 N–H and O–H groups in total. The fourth-order valence-corrected chi connectivity index (χ4v) is 2.63. The molecular weight excluding hydrogens is 340 g/mol. The number of nitrogens with zero attached hydrogens (tertiary/aromatic N) is 1. The number of hydrazine groups is 1. The summed E-state index contributed by atoms with van der Waals surface area (Å²) in [6.45, 7) is -2.87. The third-order valence-electron chi connectivity index (χ3n) is 2.30. The first kappa shape index (κ1) is 15.9. The number of benzene rings is 1. The van der Waals surface area contributed by atoms with Crippen LogP contribution in [0, 0.1) is 0 Å². The van der Waals surface area contributed by atoms with Gasteiger partial charge in [0.15, 0.2) is 9.43 Å². The molecule has 0 aliphatic carbocycles. The summed E-state index contributed by atoms with van der Waals surface area (Å²) < 4.78 is 28.6.